The second-order valence-corrected chi connectivity index (χ2v) is 6.07. The molecule has 0 spiro atoms. The summed E-state index contributed by atoms with van der Waals surface area (Å²) in [5.41, 5.74) is 1.65. The van der Waals surface area contributed by atoms with Gasteiger partial charge in [0.2, 0.25) is 5.95 Å². The molecule has 0 saturated heterocycles. The summed E-state index contributed by atoms with van der Waals surface area (Å²) in [4.78, 5) is 40.3. The van der Waals surface area contributed by atoms with Gasteiger partial charge in [0, 0.05) is 13.3 Å². The zero-order chi connectivity index (χ0) is 21.1. The molecule has 3 aromatic rings. The number of aliphatic hydroxyl groups is 1. The van der Waals surface area contributed by atoms with Gasteiger partial charge in [0.1, 0.15) is 10.7 Å². The summed E-state index contributed by atoms with van der Waals surface area (Å²) >= 11 is 0. The van der Waals surface area contributed by atoms with Crippen LogP contribution in [0.5, 0.6) is 0 Å². The second-order valence-electron chi connectivity index (χ2n) is 6.07. The highest BCUT2D eigenvalue weighted by Crippen LogP contribution is 2.17. The molecule has 0 aliphatic rings. The first-order valence-corrected chi connectivity index (χ1v) is 8.35. The molecule has 3 aromatic heterocycles. The Balaban J connectivity index is 1.86. The van der Waals surface area contributed by atoms with Crippen LogP contribution in [0, 0.1) is 10.1 Å². The van der Waals surface area contributed by atoms with Crippen molar-refractivity contribution >= 4 is 35.3 Å². The molecule has 29 heavy (non-hydrogen) atoms. The fourth-order valence-electron chi connectivity index (χ4n) is 2.57. The molecule has 0 aliphatic carbocycles. The van der Waals surface area contributed by atoms with Crippen LogP contribution in [-0.2, 0) is 13.6 Å². The summed E-state index contributed by atoms with van der Waals surface area (Å²) in [5, 5.41) is 24.3. The van der Waals surface area contributed by atoms with Crippen molar-refractivity contribution in [3.8, 4) is 0 Å². The Morgan fingerprint density at radius 3 is 2.90 bits per heavy atom. The SMILES string of the molecule is CC(O)Cn1c(N/N=C\C=C\c2ccc([N+](=O)[O-])o2)nc2c1c(=O)[nH]c(=O)n2C. The first-order chi connectivity index (χ1) is 13.8. The van der Waals surface area contributed by atoms with Gasteiger partial charge in [0.25, 0.3) is 5.56 Å². The van der Waals surface area contributed by atoms with Crippen molar-refractivity contribution in [3.63, 3.8) is 0 Å². The summed E-state index contributed by atoms with van der Waals surface area (Å²) in [7, 11) is 1.46. The largest absolute Gasteiger partial charge is 0.433 e. The molecule has 0 fully saturated rings. The van der Waals surface area contributed by atoms with E-state index in [1.54, 1.807) is 6.92 Å². The molecule has 3 N–H and O–H groups in total. The van der Waals surface area contributed by atoms with Gasteiger partial charge < -0.3 is 14.1 Å². The highest BCUT2D eigenvalue weighted by molar-refractivity contribution is 5.78. The summed E-state index contributed by atoms with van der Waals surface area (Å²) in [6, 6.07) is 2.67. The number of aliphatic hydroxyl groups excluding tert-OH is 1. The predicted molar refractivity (Wildman–Crippen MR) is 104 cm³/mol. The van der Waals surface area contributed by atoms with Gasteiger partial charge in [-0.1, -0.05) is 0 Å². The molecule has 13 heteroatoms. The number of nitrogens with one attached hydrogen (secondary N) is 2. The number of aryl methyl sites for hydroxylation is 1. The monoisotopic (exact) mass is 403 g/mol. The average Bonchev–Trinajstić information content (AvgIpc) is 3.25. The van der Waals surface area contributed by atoms with E-state index in [9.17, 15) is 24.8 Å². The zero-order valence-corrected chi connectivity index (χ0v) is 15.4. The minimum Gasteiger partial charge on any atom is -0.401 e. The number of anilines is 1. The number of nitrogens with zero attached hydrogens (tertiary/aromatic N) is 5. The molecule has 152 valence electrons. The standard InChI is InChI=1S/C16H17N7O6/c1-9(24)8-22-12-13(21(2)16(26)19-14(12)25)18-15(22)20-17-7-3-4-10-5-6-11(29-10)23(27)28/h3-7,9,24H,8H2,1-2H3,(H,18,20)(H,19,25,26)/b4-3+,17-7-. The number of aromatic amines is 1. The molecule has 0 saturated carbocycles. The Morgan fingerprint density at radius 1 is 1.48 bits per heavy atom. The number of hydrogen-bond acceptors (Lipinski definition) is 9. The lowest BCUT2D eigenvalue weighted by Crippen LogP contribution is -2.29. The molecule has 0 aromatic carbocycles. The molecule has 0 bridgehead atoms. The van der Waals surface area contributed by atoms with Crippen molar-refractivity contribution in [1.29, 1.82) is 0 Å². The lowest BCUT2D eigenvalue weighted by atomic mass is 10.4. The van der Waals surface area contributed by atoms with E-state index in [2.05, 4.69) is 20.5 Å². The van der Waals surface area contributed by atoms with Crippen molar-refractivity contribution < 1.29 is 14.4 Å². The van der Waals surface area contributed by atoms with E-state index >= 15 is 0 Å². The molecule has 0 radical (unpaired) electrons. The number of H-pyrrole nitrogens is 1. The highest BCUT2D eigenvalue weighted by Gasteiger charge is 2.18. The van der Waals surface area contributed by atoms with Crippen LogP contribution in [0.3, 0.4) is 0 Å². The van der Waals surface area contributed by atoms with Gasteiger partial charge in [-0.25, -0.2) is 10.2 Å². The van der Waals surface area contributed by atoms with E-state index in [4.69, 9.17) is 4.42 Å². The van der Waals surface area contributed by atoms with Crippen LogP contribution >= 0.6 is 0 Å². The lowest BCUT2D eigenvalue weighted by Gasteiger charge is -2.09. The van der Waals surface area contributed by atoms with Gasteiger partial charge in [0.15, 0.2) is 11.2 Å². The van der Waals surface area contributed by atoms with Gasteiger partial charge >= 0.3 is 11.6 Å². The fourth-order valence-corrected chi connectivity index (χ4v) is 2.57. The number of fused-ring (bicyclic) bond motifs is 1. The predicted octanol–water partition coefficient (Wildman–Crippen LogP) is 0.416. The Kier molecular flexibility index (Phi) is 5.40. The van der Waals surface area contributed by atoms with E-state index < -0.39 is 22.3 Å². The van der Waals surface area contributed by atoms with Crippen LogP contribution in [0.2, 0.25) is 0 Å². The third kappa shape index (κ3) is 4.14. The first kappa shape index (κ1) is 19.8. The van der Waals surface area contributed by atoms with Crippen molar-refractivity contribution in [2.75, 3.05) is 5.43 Å². The normalized spacial score (nSPS) is 12.9. The molecule has 1 atom stereocenters. The molecular weight excluding hydrogens is 386 g/mol. The maximum Gasteiger partial charge on any atom is 0.433 e. The van der Waals surface area contributed by atoms with Gasteiger partial charge in [-0.15, -0.1) is 0 Å². The number of allylic oxidation sites excluding steroid dienone is 1. The Labute approximate surface area is 161 Å². The second kappa shape index (κ2) is 7.93. The molecule has 1 unspecified atom stereocenters. The van der Waals surface area contributed by atoms with E-state index in [0.717, 1.165) is 0 Å². The molecule has 3 rings (SSSR count). The smallest absolute Gasteiger partial charge is 0.401 e. The number of nitro groups is 1. The number of hydrazone groups is 1. The Hall–Kier alpha value is -4.00. The number of furan rings is 1. The van der Waals surface area contributed by atoms with E-state index in [1.165, 1.54) is 46.7 Å². The summed E-state index contributed by atoms with van der Waals surface area (Å²) in [6.45, 7) is 1.59. The minimum atomic E-state index is -0.789. The van der Waals surface area contributed by atoms with Crippen molar-refractivity contribution in [2.45, 2.75) is 19.6 Å². The lowest BCUT2D eigenvalue weighted by molar-refractivity contribution is -0.402. The van der Waals surface area contributed by atoms with Gasteiger partial charge in [-0.2, -0.15) is 10.1 Å². The van der Waals surface area contributed by atoms with Gasteiger partial charge in [-0.05, 0) is 25.1 Å². The van der Waals surface area contributed by atoms with E-state index in [1.807, 2.05) is 0 Å². The van der Waals surface area contributed by atoms with E-state index in [-0.39, 0.29) is 35.3 Å². The van der Waals surface area contributed by atoms with Crippen LogP contribution in [0.4, 0.5) is 11.8 Å². The van der Waals surface area contributed by atoms with Crippen LogP contribution in [-0.4, -0.2) is 41.5 Å². The molecule has 0 aliphatic heterocycles. The number of imidazole rings is 1. The first-order valence-electron chi connectivity index (χ1n) is 8.35. The average molecular weight is 403 g/mol. The maximum atomic E-state index is 12.2. The summed E-state index contributed by atoms with van der Waals surface area (Å²) < 4.78 is 7.55. The number of rotatable bonds is 7. The topological polar surface area (TPSA) is 174 Å². The highest BCUT2D eigenvalue weighted by atomic mass is 16.6. The van der Waals surface area contributed by atoms with Crippen LogP contribution in [0.1, 0.15) is 12.7 Å². The Bertz CT molecular complexity index is 1230. The van der Waals surface area contributed by atoms with Crippen LogP contribution < -0.4 is 16.7 Å². The number of aromatic nitrogens is 4. The van der Waals surface area contributed by atoms with Crippen molar-refractivity contribution in [1.82, 2.24) is 19.1 Å². The summed E-state index contributed by atoms with van der Waals surface area (Å²) in [5.74, 6) is 0.0410. The van der Waals surface area contributed by atoms with Crippen molar-refractivity contribution in [3.05, 3.63) is 54.9 Å². The maximum absolute atomic E-state index is 12.2. The zero-order valence-electron chi connectivity index (χ0n) is 15.4. The quantitative estimate of drug-likeness (QED) is 0.289. The number of hydrogen-bond donors (Lipinski definition) is 3. The van der Waals surface area contributed by atoms with Gasteiger partial charge in [-0.3, -0.25) is 24.5 Å². The molecule has 0 amide bonds. The Morgan fingerprint density at radius 2 is 2.24 bits per heavy atom. The minimum absolute atomic E-state index is 0.0432. The third-order valence-electron chi connectivity index (χ3n) is 3.83. The van der Waals surface area contributed by atoms with Gasteiger partial charge in [0.05, 0.1) is 18.7 Å². The molecule has 3 heterocycles. The molecule has 13 nitrogen and oxygen atoms in total. The summed E-state index contributed by atoms with van der Waals surface area (Å²) in [6.07, 6.45) is 3.48. The fraction of sp³-hybridized carbons (Fsp3) is 0.250. The van der Waals surface area contributed by atoms with Crippen molar-refractivity contribution in [2.24, 2.45) is 12.1 Å². The van der Waals surface area contributed by atoms with Crippen LogP contribution in [0.25, 0.3) is 17.2 Å². The molecular formula is C16H17N7O6. The third-order valence-corrected chi connectivity index (χ3v) is 3.83. The van der Waals surface area contributed by atoms with Crippen LogP contribution in [0.15, 0.2) is 37.3 Å². The van der Waals surface area contributed by atoms with E-state index in [0.29, 0.717) is 0 Å².